The van der Waals surface area contributed by atoms with Gasteiger partial charge in [-0.2, -0.15) is 5.26 Å². The Morgan fingerprint density at radius 3 is 2.77 bits per heavy atom. The number of hydrogen-bond acceptors (Lipinski definition) is 4. The molecule has 0 aliphatic carbocycles. The number of amides is 1. The van der Waals surface area contributed by atoms with Crippen LogP contribution in [0.15, 0.2) is 0 Å². The minimum atomic E-state index is -0.139. The highest BCUT2D eigenvalue weighted by Gasteiger charge is 1.98. The second-order valence-corrected chi connectivity index (χ2v) is 2.91. The Labute approximate surface area is 78.7 Å². The minimum Gasteiger partial charge on any atom is -0.342 e. The number of rotatable bonds is 6. The van der Waals surface area contributed by atoms with E-state index in [4.69, 9.17) is 5.26 Å². The van der Waals surface area contributed by atoms with Gasteiger partial charge in [-0.05, 0) is 14.1 Å². The Hall–Kier alpha value is -1.12. The fraction of sp³-hybridized carbons (Fsp3) is 0.750. The molecule has 0 aromatic carbocycles. The Balaban J connectivity index is 3.23. The summed E-state index contributed by atoms with van der Waals surface area (Å²) in [6.07, 6.45) is 0. The molecule has 13 heavy (non-hydrogen) atoms. The van der Waals surface area contributed by atoms with Gasteiger partial charge in [0.25, 0.3) is 0 Å². The summed E-state index contributed by atoms with van der Waals surface area (Å²) in [7, 11) is 3.94. The van der Waals surface area contributed by atoms with E-state index in [-0.39, 0.29) is 19.0 Å². The monoisotopic (exact) mass is 184 g/mol. The van der Waals surface area contributed by atoms with Crippen molar-refractivity contribution in [2.75, 3.05) is 40.3 Å². The number of likely N-dealkylation sites (N-methyl/N-ethyl adjacent to an activating group) is 1. The molecule has 74 valence electrons. The fourth-order valence-electron chi connectivity index (χ4n) is 0.705. The zero-order chi connectivity index (χ0) is 10.1. The van der Waals surface area contributed by atoms with Crippen LogP contribution in [0.3, 0.4) is 0 Å². The maximum atomic E-state index is 10.9. The van der Waals surface area contributed by atoms with Gasteiger partial charge >= 0.3 is 0 Å². The van der Waals surface area contributed by atoms with Gasteiger partial charge in [-0.3, -0.25) is 4.79 Å². The van der Waals surface area contributed by atoms with E-state index in [2.05, 4.69) is 10.6 Å². The molecule has 5 nitrogen and oxygen atoms in total. The number of nitrogens with one attached hydrogen (secondary N) is 2. The maximum absolute atomic E-state index is 10.9. The molecular weight excluding hydrogens is 168 g/mol. The first kappa shape index (κ1) is 11.9. The average molecular weight is 184 g/mol. The predicted octanol–water partition coefficient (Wildman–Crippen LogP) is -1.22. The second-order valence-electron chi connectivity index (χ2n) is 2.91. The first-order valence-corrected chi connectivity index (χ1v) is 4.16. The summed E-state index contributed by atoms with van der Waals surface area (Å²) in [5.74, 6) is -0.139. The van der Waals surface area contributed by atoms with E-state index < -0.39 is 0 Å². The van der Waals surface area contributed by atoms with Crippen molar-refractivity contribution >= 4 is 5.91 Å². The maximum Gasteiger partial charge on any atom is 0.234 e. The lowest BCUT2D eigenvalue weighted by Crippen LogP contribution is -2.36. The second kappa shape index (κ2) is 7.53. The highest BCUT2D eigenvalue weighted by Crippen LogP contribution is 1.70. The number of carbonyl (C=O) groups excluding carboxylic acids is 1. The third-order valence-electron chi connectivity index (χ3n) is 1.39. The van der Waals surface area contributed by atoms with Crippen LogP contribution in [0.2, 0.25) is 0 Å². The molecule has 0 spiro atoms. The Kier molecular flexibility index (Phi) is 6.88. The summed E-state index contributed by atoms with van der Waals surface area (Å²) in [6, 6.07) is 1.84. The highest BCUT2D eigenvalue weighted by atomic mass is 16.1. The lowest BCUT2D eigenvalue weighted by Gasteiger charge is -2.09. The molecule has 0 heterocycles. The molecule has 0 saturated carbocycles. The van der Waals surface area contributed by atoms with Crippen molar-refractivity contribution in [2.45, 2.75) is 0 Å². The van der Waals surface area contributed by atoms with Crippen LogP contribution in [0.5, 0.6) is 0 Å². The summed E-state index contributed by atoms with van der Waals surface area (Å²) in [6.45, 7) is 2.02. The van der Waals surface area contributed by atoms with Crippen molar-refractivity contribution < 1.29 is 4.79 Å². The van der Waals surface area contributed by atoms with Gasteiger partial charge in [0, 0.05) is 13.1 Å². The van der Waals surface area contributed by atoms with E-state index in [1.165, 1.54) is 0 Å². The summed E-state index contributed by atoms with van der Waals surface area (Å²) in [5, 5.41) is 13.6. The standard InChI is InChI=1S/C8H16N4O/c1-12(2)6-5-10-7-8(13)11-4-3-9/h10H,4-7H2,1-2H3,(H,11,13). The Morgan fingerprint density at radius 1 is 1.54 bits per heavy atom. The predicted molar refractivity (Wildman–Crippen MR) is 50.0 cm³/mol. The van der Waals surface area contributed by atoms with E-state index in [0.29, 0.717) is 0 Å². The van der Waals surface area contributed by atoms with E-state index >= 15 is 0 Å². The summed E-state index contributed by atoms with van der Waals surface area (Å²) in [5.41, 5.74) is 0. The molecule has 0 unspecified atom stereocenters. The van der Waals surface area contributed by atoms with Crippen LogP contribution in [-0.4, -0.2) is 51.1 Å². The van der Waals surface area contributed by atoms with Crippen LogP contribution in [0, 0.1) is 11.3 Å². The quantitative estimate of drug-likeness (QED) is 0.401. The topological polar surface area (TPSA) is 68.2 Å². The minimum absolute atomic E-state index is 0.0776. The molecule has 0 radical (unpaired) electrons. The van der Waals surface area contributed by atoms with Crippen molar-refractivity contribution in [2.24, 2.45) is 0 Å². The van der Waals surface area contributed by atoms with Gasteiger partial charge in [-0.15, -0.1) is 0 Å². The van der Waals surface area contributed by atoms with Crippen molar-refractivity contribution in [3.63, 3.8) is 0 Å². The van der Waals surface area contributed by atoms with Crippen LogP contribution in [0.4, 0.5) is 0 Å². The smallest absolute Gasteiger partial charge is 0.234 e. The third kappa shape index (κ3) is 8.79. The zero-order valence-corrected chi connectivity index (χ0v) is 8.13. The average Bonchev–Trinajstić information content (AvgIpc) is 2.08. The number of nitrogens with zero attached hydrogens (tertiary/aromatic N) is 2. The highest BCUT2D eigenvalue weighted by molar-refractivity contribution is 5.78. The van der Waals surface area contributed by atoms with E-state index in [0.717, 1.165) is 13.1 Å². The normalized spacial score (nSPS) is 9.69. The van der Waals surface area contributed by atoms with E-state index in [1.54, 1.807) is 0 Å². The largest absolute Gasteiger partial charge is 0.342 e. The molecule has 0 aromatic rings. The summed E-state index contributed by atoms with van der Waals surface area (Å²) in [4.78, 5) is 12.9. The van der Waals surface area contributed by atoms with Gasteiger partial charge in [0.2, 0.25) is 5.91 Å². The van der Waals surface area contributed by atoms with Gasteiger partial charge < -0.3 is 15.5 Å². The van der Waals surface area contributed by atoms with Gasteiger partial charge in [0.1, 0.15) is 6.54 Å². The van der Waals surface area contributed by atoms with Gasteiger partial charge in [-0.1, -0.05) is 0 Å². The molecule has 0 rings (SSSR count). The van der Waals surface area contributed by atoms with Gasteiger partial charge in [0.15, 0.2) is 0 Å². The first-order chi connectivity index (χ1) is 6.16. The van der Waals surface area contributed by atoms with Crippen LogP contribution < -0.4 is 10.6 Å². The molecule has 0 atom stereocenters. The molecule has 0 aliphatic heterocycles. The summed E-state index contributed by atoms with van der Waals surface area (Å²) < 4.78 is 0. The fourth-order valence-corrected chi connectivity index (χ4v) is 0.705. The SMILES string of the molecule is CN(C)CCNCC(=O)NCC#N. The molecule has 2 N–H and O–H groups in total. The van der Waals surface area contributed by atoms with Crippen LogP contribution in [0.25, 0.3) is 0 Å². The van der Waals surface area contributed by atoms with Crippen molar-refractivity contribution in [3.8, 4) is 6.07 Å². The molecule has 0 bridgehead atoms. The van der Waals surface area contributed by atoms with E-state index in [1.807, 2.05) is 25.1 Å². The lowest BCUT2D eigenvalue weighted by atomic mass is 10.5. The zero-order valence-electron chi connectivity index (χ0n) is 8.13. The van der Waals surface area contributed by atoms with Crippen LogP contribution >= 0.6 is 0 Å². The van der Waals surface area contributed by atoms with Gasteiger partial charge in [0.05, 0.1) is 12.6 Å². The Bertz CT molecular complexity index is 185. The molecule has 0 fully saturated rings. The molecule has 0 aromatic heterocycles. The van der Waals surface area contributed by atoms with Gasteiger partial charge in [-0.25, -0.2) is 0 Å². The van der Waals surface area contributed by atoms with Crippen LogP contribution in [-0.2, 0) is 4.79 Å². The third-order valence-corrected chi connectivity index (χ3v) is 1.39. The molecule has 5 heteroatoms. The van der Waals surface area contributed by atoms with Crippen molar-refractivity contribution in [1.82, 2.24) is 15.5 Å². The van der Waals surface area contributed by atoms with Crippen molar-refractivity contribution in [3.05, 3.63) is 0 Å². The molecule has 0 aliphatic rings. The number of hydrogen-bond donors (Lipinski definition) is 2. The van der Waals surface area contributed by atoms with E-state index in [9.17, 15) is 4.79 Å². The number of carbonyl (C=O) groups is 1. The lowest BCUT2D eigenvalue weighted by molar-refractivity contribution is -0.120. The van der Waals surface area contributed by atoms with Crippen molar-refractivity contribution in [1.29, 1.82) is 5.26 Å². The molecule has 1 amide bonds. The Morgan fingerprint density at radius 2 is 2.23 bits per heavy atom. The summed E-state index contributed by atoms with van der Waals surface area (Å²) >= 11 is 0. The molecular formula is C8H16N4O. The van der Waals surface area contributed by atoms with Crippen LogP contribution in [0.1, 0.15) is 0 Å². The number of nitriles is 1. The first-order valence-electron chi connectivity index (χ1n) is 4.16. The molecule has 0 saturated heterocycles.